The number of carbonyl (C=O) groups excluding carboxylic acids is 1. The Hall–Kier alpha value is -2.92. The van der Waals surface area contributed by atoms with Crippen molar-refractivity contribution in [2.24, 2.45) is 0 Å². The Morgan fingerprint density at radius 2 is 2.03 bits per heavy atom. The molecule has 2 aromatic heterocycles. The van der Waals surface area contributed by atoms with Crippen LogP contribution in [-0.4, -0.2) is 40.0 Å². The molecule has 3 aromatic rings. The molecule has 4 heterocycles. The summed E-state index contributed by atoms with van der Waals surface area (Å²) in [4.78, 5) is 23.8. The molecule has 152 valence electrons. The maximum absolute atomic E-state index is 13.0. The molecule has 1 amide bonds. The average molecular weight is 420 g/mol. The monoisotopic (exact) mass is 419 g/mol. The van der Waals surface area contributed by atoms with Gasteiger partial charge in [0.15, 0.2) is 5.75 Å². The summed E-state index contributed by atoms with van der Waals surface area (Å²) in [6.45, 7) is 5.32. The Labute approximate surface area is 180 Å². The maximum atomic E-state index is 13.0. The number of rotatable bonds is 3. The molecule has 0 radical (unpaired) electrons. The molecule has 2 bridgehead atoms. The quantitative estimate of drug-likeness (QED) is 0.622. The summed E-state index contributed by atoms with van der Waals surface area (Å²) in [6.07, 6.45) is 5.25. The largest absolute Gasteiger partial charge is 0.486 e. The lowest BCUT2D eigenvalue weighted by Crippen LogP contribution is -2.28. The predicted octanol–water partition coefficient (Wildman–Crippen LogP) is 4.61. The van der Waals surface area contributed by atoms with Gasteiger partial charge in [0.2, 0.25) is 0 Å². The van der Waals surface area contributed by atoms with Gasteiger partial charge in [-0.2, -0.15) is 0 Å². The minimum absolute atomic E-state index is 0.00786. The van der Waals surface area contributed by atoms with E-state index in [2.05, 4.69) is 16.0 Å². The number of aryl methyl sites for hydroxylation is 1. The van der Waals surface area contributed by atoms with Crippen molar-refractivity contribution in [2.75, 3.05) is 13.1 Å². The lowest BCUT2D eigenvalue weighted by Gasteiger charge is -2.20. The van der Waals surface area contributed by atoms with Gasteiger partial charge in [0.05, 0.1) is 22.8 Å². The van der Waals surface area contributed by atoms with Gasteiger partial charge in [0.25, 0.3) is 5.91 Å². The zero-order valence-corrected chi connectivity index (χ0v) is 17.7. The van der Waals surface area contributed by atoms with Crippen LogP contribution in [0.25, 0.3) is 11.3 Å². The van der Waals surface area contributed by atoms with E-state index in [4.69, 9.17) is 16.3 Å². The van der Waals surface area contributed by atoms with Gasteiger partial charge in [-0.15, -0.1) is 0 Å². The molecular formula is C24H22ClN3O2. The van der Waals surface area contributed by atoms with Crippen LogP contribution >= 0.6 is 11.6 Å². The standard InChI is InChI=1S/C24H22ClN3O2/c1-14-3-5-17(12-26-14)21-6-4-16(11-27-21)9-18-10-20-23(22(25)15(18)2)30-19-7-8-28(13-19)24(20)29/h3-6,10-12,19H,7-9,13H2,1-2H3/t19-/m0/s1. The molecule has 0 N–H and O–H groups in total. The smallest absolute Gasteiger partial charge is 0.257 e. The number of benzene rings is 1. The molecule has 6 heteroatoms. The van der Waals surface area contributed by atoms with Crippen molar-refractivity contribution in [1.82, 2.24) is 14.9 Å². The minimum atomic E-state index is 0.00786. The van der Waals surface area contributed by atoms with Crippen molar-refractivity contribution in [3.8, 4) is 17.0 Å². The minimum Gasteiger partial charge on any atom is -0.486 e. The van der Waals surface area contributed by atoms with Crippen molar-refractivity contribution in [3.63, 3.8) is 0 Å². The van der Waals surface area contributed by atoms with Gasteiger partial charge in [0, 0.05) is 36.6 Å². The number of hydrogen-bond donors (Lipinski definition) is 0. The lowest BCUT2D eigenvalue weighted by molar-refractivity contribution is 0.0792. The van der Waals surface area contributed by atoms with Gasteiger partial charge in [0.1, 0.15) is 6.10 Å². The molecule has 30 heavy (non-hydrogen) atoms. The van der Waals surface area contributed by atoms with E-state index in [0.717, 1.165) is 46.6 Å². The molecule has 1 aromatic carbocycles. The van der Waals surface area contributed by atoms with Crippen molar-refractivity contribution in [1.29, 1.82) is 0 Å². The Morgan fingerprint density at radius 3 is 2.77 bits per heavy atom. The van der Waals surface area contributed by atoms with E-state index in [0.29, 0.717) is 29.3 Å². The SMILES string of the molecule is Cc1ccc(-c2ccc(Cc3cc4c(c(Cl)c3C)O[C@H]3CCN(C3)C4=O)cn2)cn1. The molecule has 1 saturated heterocycles. The van der Waals surface area contributed by atoms with E-state index >= 15 is 0 Å². The second-order valence-corrected chi connectivity index (χ2v) is 8.43. The highest BCUT2D eigenvalue weighted by atomic mass is 35.5. The van der Waals surface area contributed by atoms with Crippen LogP contribution in [0.4, 0.5) is 0 Å². The highest BCUT2D eigenvalue weighted by Crippen LogP contribution is 2.39. The third-order valence-corrected chi connectivity index (χ3v) is 6.40. The number of carbonyl (C=O) groups is 1. The fourth-order valence-corrected chi connectivity index (χ4v) is 4.39. The second kappa shape index (κ2) is 7.40. The lowest BCUT2D eigenvalue weighted by atomic mass is 9.97. The molecule has 0 aliphatic carbocycles. The van der Waals surface area contributed by atoms with Crippen LogP contribution in [-0.2, 0) is 6.42 Å². The molecule has 0 spiro atoms. The first kappa shape index (κ1) is 19.1. The van der Waals surface area contributed by atoms with Crippen molar-refractivity contribution < 1.29 is 9.53 Å². The summed E-state index contributed by atoms with van der Waals surface area (Å²) in [5.74, 6) is 0.545. The second-order valence-electron chi connectivity index (χ2n) is 8.05. The summed E-state index contributed by atoms with van der Waals surface area (Å²) < 4.78 is 6.10. The van der Waals surface area contributed by atoms with E-state index in [1.54, 1.807) is 0 Å². The van der Waals surface area contributed by atoms with Crippen LogP contribution in [0.15, 0.2) is 42.7 Å². The molecule has 0 unspecified atom stereocenters. The van der Waals surface area contributed by atoms with Gasteiger partial charge >= 0.3 is 0 Å². The highest BCUT2D eigenvalue weighted by molar-refractivity contribution is 6.33. The topological polar surface area (TPSA) is 55.3 Å². The first-order valence-corrected chi connectivity index (χ1v) is 10.5. The van der Waals surface area contributed by atoms with Crippen molar-refractivity contribution >= 4 is 17.5 Å². The van der Waals surface area contributed by atoms with Crippen LogP contribution in [0.1, 0.15) is 39.2 Å². The number of ether oxygens (including phenoxy) is 1. The summed E-state index contributed by atoms with van der Waals surface area (Å²) in [5, 5.41) is 0.542. The number of fused-ring (bicyclic) bond motifs is 3. The van der Waals surface area contributed by atoms with E-state index in [-0.39, 0.29) is 12.0 Å². The molecule has 1 atom stereocenters. The third kappa shape index (κ3) is 3.33. The van der Waals surface area contributed by atoms with E-state index < -0.39 is 0 Å². The molecule has 0 saturated carbocycles. The van der Waals surface area contributed by atoms with Crippen molar-refractivity contribution in [3.05, 3.63) is 75.7 Å². The van der Waals surface area contributed by atoms with Crippen LogP contribution in [0.3, 0.4) is 0 Å². The number of nitrogens with zero attached hydrogens (tertiary/aromatic N) is 3. The van der Waals surface area contributed by atoms with Gasteiger partial charge in [-0.3, -0.25) is 14.8 Å². The Kier molecular flexibility index (Phi) is 4.70. The number of pyridine rings is 2. The molecule has 5 rings (SSSR count). The summed E-state index contributed by atoms with van der Waals surface area (Å²) in [7, 11) is 0. The first-order valence-electron chi connectivity index (χ1n) is 10.2. The summed E-state index contributed by atoms with van der Waals surface area (Å²) >= 11 is 6.66. The number of aromatic nitrogens is 2. The van der Waals surface area contributed by atoms with Crippen molar-refractivity contribution in [2.45, 2.75) is 32.8 Å². The summed E-state index contributed by atoms with van der Waals surface area (Å²) in [6, 6.07) is 10.0. The van der Waals surface area contributed by atoms with Gasteiger partial charge in [-0.1, -0.05) is 17.7 Å². The maximum Gasteiger partial charge on any atom is 0.257 e. The van der Waals surface area contributed by atoms with Gasteiger partial charge < -0.3 is 9.64 Å². The highest BCUT2D eigenvalue weighted by Gasteiger charge is 2.36. The van der Waals surface area contributed by atoms with Gasteiger partial charge in [-0.25, -0.2) is 0 Å². The van der Waals surface area contributed by atoms with E-state index in [9.17, 15) is 4.79 Å². The Balaban J connectivity index is 1.45. The van der Waals surface area contributed by atoms with Crippen LogP contribution in [0, 0.1) is 13.8 Å². The Bertz CT molecular complexity index is 1130. The predicted molar refractivity (Wildman–Crippen MR) is 116 cm³/mol. The van der Waals surface area contributed by atoms with E-state index in [1.807, 2.05) is 55.4 Å². The molecule has 2 aliphatic rings. The molecular weight excluding hydrogens is 398 g/mol. The number of hydrogen-bond acceptors (Lipinski definition) is 4. The van der Waals surface area contributed by atoms with Crippen LogP contribution in [0.2, 0.25) is 5.02 Å². The van der Waals surface area contributed by atoms with Crippen LogP contribution in [0.5, 0.6) is 5.75 Å². The zero-order valence-electron chi connectivity index (χ0n) is 17.0. The first-order chi connectivity index (χ1) is 14.5. The molecule has 1 fully saturated rings. The summed E-state index contributed by atoms with van der Waals surface area (Å²) in [5.41, 5.74) is 6.44. The normalized spacial score (nSPS) is 17.5. The number of amides is 1. The zero-order chi connectivity index (χ0) is 20.8. The average Bonchev–Trinajstić information content (AvgIpc) is 3.17. The van der Waals surface area contributed by atoms with Gasteiger partial charge in [-0.05, 0) is 61.2 Å². The fraction of sp³-hybridized carbons (Fsp3) is 0.292. The Morgan fingerprint density at radius 1 is 1.17 bits per heavy atom. The number of halogens is 1. The molecule has 2 aliphatic heterocycles. The third-order valence-electron chi connectivity index (χ3n) is 5.95. The van der Waals surface area contributed by atoms with Crippen LogP contribution < -0.4 is 4.74 Å². The van der Waals surface area contributed by atoms with E-state index in [1.165, 1.54) is 0 Å². The molecule has 5 nitrogen and oxygen atoms in total. The fourth-order valence-electron chi connectivity index (χ4n) is 4.12.